The van der Waals surface area contributed by atoms with Crippen molar-refractivity contribution in [2.24, 2.45) is 5.10 Å². The van der Waals surface area contributed by atoms with Crippen LogP contribution in [0.15, 0.2) is 58.6 Å². The first-order valence-electron chi connectivity index (χ1n) is 8.80. The monoisotopic (exact) mass is 379 g/mol. The van der Waals surface area contributed by atoms with Crippen molar-refractivity contribution in [1.82, 2.24) is 15.2 Å². The van der Waals surface area contributed by atoms with E-state index >= 15 is 0 Å². The highest BCUT2D eigenvalue weighted by Crippen LogP contribution is 2.29. The number of nitrogens with one attached hydrogen (secondary N) is 2. The van der Waals surface area contributed by atoms with E-state index in [1.165, 1.54) is 11.8 Å². The van der Waals surface area contributed by atoms with Gasteiger partial charge in [0, 0.05) is 0 Å². The molecule has 0 aliphatic carbocycles. The molecule has 0 amide bonds. The number of aromatic nitrogens is 3. The van der Waals surface area contributed by atoms with Crippen LogP contribution in [0.25, 0.3) is 0 Å². The average Bonchev–Trinajstić information content (AvgIpc) is 2.69. The van der Waals surface area contributed by atoms with E-state index in [0.717, 1.165) is 11.1 Å². The Morgan fingerprint density at radius 2 is 1.96 bits per heavy atom. The first kappa shape index (κ1) is 19.1. The van der Waals surface area contributed by atoms with Crippen LogP contribution >= 0.6 is 0 Å². The van der Waals surface area contributed by atoms with Gasteiger partial charge in [-0.2, -0.15) is 15.2 Å². The van der Waals surface area contributed by atoms with Crippen molar-refractivity contribution < 1.29 is 9.47 Å². The van der Waals surface area contributed by atoms with E-state index in [0.29, 0.717) is 24.7 Å². The van der Waals surface area contributed by atoms with Gasteiger partial charge in [0.15, 0.2) is 17.3 Å². The third-order valence-electron chi connectivity index (χ3n) is 3.74. The van der Waals surface area contributed by atoms with Crippen LogP contribution < -0.4 is 20.6 Å². The minimum Gasteiger partial charge on any atom is -0.490 e. The molecule has 8 heteroatoms. The maximum absolute atomic E-state index is 11.1. The van der Waals surface area contributed by atoms with E-state index in [9.17, 15) is 4.79 Å². The lowest BCUT2D eigenvalue weighted by Crippen LogP contribution is -2.13. The Bertz CT molecular complexity index is 999. The molecule has 0 aliphatic heterocycles. The summed E-state index contributed by atoms with van der Waals surface area (Å²) in [5.41, 5.74) is 5.21. The number of aromatic amines is 1. The summed E-state index contributed by atoms with van der Waals surface area (Å²) in [4.78, 5) is 14.8. The zero-order chi connectivity index (χ0) is 19.8. The van der Waals surface area contributed by atoms with Gasteiger partial charge < -0.3 is 9.47 Å². The van der Waals surface area contributed by atoms with Crippen LogP contribution in [-0.2, 0) is 6.61 Å². The third-order valence-corrected chi connectivity index (χ3v) is 3.74. The van der Waals surface area contributed by atoms with Crippen molar-refractivity contribution >= 4 is 12.0 Å². The largest absolute Gasteiger partial charge is 0.490 e. The molecule has 0 spiro atoms. The predicted molar refractivity (Wildman–Crippen MR) is 107 cm³/mol. The number of aryl methyl sites for hydroxylation is 1. The van der Waals surface area contributed by atoms with Gasteiger partial charge in [-0.25, -0.2) is 9.89 Å². The Hall–Kier alpha value is -3.68. The molecule has 0 bridgehead atoms. The van der Waals surface area contributed by atoms with Crippen LogP contribution in [0.5, 0.6) is 11.5 Å². The molecule has 0 saturated heterocycles. The highest BCUT2D eigenvalue weighted by molar-refractivity contribution is 5.81. The zero-order valence-corrected chi connectivity index (χ0v) is 15.7. The SMILES string of the molecule is CCOc1cc(/C=N/Nc2cn[nH]c(=O)n2)ccc1OCc1ccc(C)cc1. The highest BCUT2D eigenvalue weighted by Gasteiger charge is 2.06. The Balaban J connectivity index is 1.68. The van der Waals surface area contributed by atoms with Crippen molar-refractivity contribution in [2.75, 3.05) is 12.0 Å². The molecule has 0 atom stereocenters. The number of ether oxygens (including phenoxy) is 2. The molecule has 0 unspecified atom stereocenters. The van der Waals surface area contributed by atoms with Crippen LogP contribution in [0.3, 0.4) is 0 Å². The topological polar surface area (TPSA) is 101 Å². The molecular formula is C20H21N5O3. The summed E-state index contributed by atoms with van der Waals surface area (Å²) in [7, 11) is 0. The fourth-order valence-electron chi connectivity index (χ4n) is 2.38. The zero-order valence-electron chi connectivity index (χ0n) is 15.7. The van der Waals surface area contributed by atoms with Gasteiger partial charge >= 0.3 is 5.69 Å². The van der Waals surface area contributed by atoms with E-state index in [1.807, 2.05) is 37.3 Å². The molecule has 8 nitrogen and oxygen atoms in total. The van der Waals surface area contributed by atoms with Crippen molar-refractivity contribution in [3.05, 3.63) is 75.8 Å². The molecule has 0 radical (unpaired) electrons. The van der Waals surface area contributed by atoms with Gasteiger partial charge in [-0.3, -0.25) is 5.43 Å². The molecule has 0 fully saturated rings. The Labute approximate surface area is 162 Å². The fraction of sp³-hybridized carbons (Fsp3) is 0.200. The number of hydrogen-bond donors (Lipinski definition) is 2. The molecular weight excluding hydrogens is 358 g/mol. The van der Waals surface area contributed by atoms with Crippen molar-refractivity contribution in [3.8, 4) is 11.5 Å². The van der Waals surface area contributed by atoms with Crippen LogP contribution in [0, 0.1) is 6.92 Å². The number of anilines is 1. The maximum Gasteiger partial charge on any atom is 0.363 e. The summed E-state index contributed by atoms with van der Waals surface area (Å²) in [6, 6.07) is 13.7. The lowest BCUT2D eigenvalue weighted by atomic mass is 10.2. The number of H-pyrrole nitrogens is 1. The molecule has 1 heterocycles. The van der Waals surface area contributed by atoms with Gasteiger partial charge in [0.1, 0.15) is 6.61 Å². The fourth-order valence-corrected chi connectivity index (χ4v) is 2.38. The summed E-state index contributed by atoms with van der Waals surface area (Å²) >= 11 is 0. The summed E-state index contributed by atoms with van der Waals surface area (Å²) < 4.78 is 11.6. The van der Waals surface area contributed by atoms with Gasteiger partial charge in [0.2, 0.25) is 0 Å². The Morgan fingerprint density at radius 1 is 1.14 bits per heavy atom. The number of hydrazone groups is 1. The minimum atomic E-state index is -0.547. The molecule has 2 aromatic carbocycles. The summed E-state index contributed by atoms with van der Waals surface area (Å²) in [5, 5.41) is 9.89. The molecule has 3 rings (SSSR count). The van der Waals surface area contributed by atoms with Crippen LogP contribution in [-0.4, -0.2) is 28.0 Å². The Kier molecular flexibility index (Phi) is 6.35. The summed E-state index contributed by atoms with van der Waals surface area (Å²) in [6.07, 6.45) is 2.96. The third kappa shape index (κ3) is 5.41. The van der Waals surface area contributed by atoms with Crippen molar-refractivity contribution in [3.63, 3.8) is 0 Å². The maximum atomic E-state index is 11.1. The van der Waals surface area contributed by atoms with E-state index in [1.54, 1.807) is 6.21 Å². The van der Waals surface area contributed by atoms with Gasteiger partial charge in [-0.15, -0.1) is 0 Å². The molecule has 144 valence electrons. The lowest BCUT2D eigenvalue weighted by molar-refractivity contribution is 0.269. The van der Waals surface area contributed by atoms with Gasteiger partial charge in [0.05, 0.1) is 19.0 Å². The van der Waals surface area contributed by atoms with E-state index in [2.05, 4.69) is 44.8 Å². The quantitative estimate of drug-likeness (QED) is 0.461. The summed E-state index contributed by atoms with van der Waals surface area (Å²) in [6.45, 7) is 4.94. The normalized spacial score (nSPS) is 10.8. The molecule has 0 saturated carbocycles. The molecule has 0 aliphatic rings. The number of hydrogen-bond acceptors (Lipinski definition) is 7. The first-order chi connectivity index (χ1) is 13.6. The number of benzene rings is 2. The molecule has 2 N–H and O–H groups in total. The van der Waals surface area contributed by atoms with E-state index in [4.69, 9.17) is 9.47 Å². The highest BCUT2D eigenvalue weighted by atomic mass is 16.5. The second-order valence-corrected chi connectivity index (χ2v) is 5.96. The minimum absolute atomic E-state index is 0.253. The van der Waals surface area contributed by atoms with E-state index < -0.39 is 5.69 Å². The smallest absolute Gasteiger partial charge is 0.363 e. The van der Waals surface area contributed by atoms with Crippen LogP contribution in [0.1, 0.15) is 23.6 Å². The Morgan fingerprint density at radius 3 is 2.71 bits per heavy atom. The number of nitrogens with zero attached hydrogens (tertiary/aromatic N) is 3. The second kappa shape index (κ2) is 9.31. The molecule has 3 aromatic rings. The predicted octanol–water partition coefficient (Wildman–Crippen LogP) is 2.90. The average molecular weight is 379 g/mol. The van der Waals surface area contributed by atoms with Gasteiger partial charge in [-0.1, -0.05) is 29.8 Å². The van der Waals surface area contributed by atoms with Crippen LogP contribution in [0.4, 0.5) is 5.82 Å². The van der Waals surface area contributed by atoms with Gasteiger partial charge in [-0.05, 0) is 43.2 Å². The second-order valence-electron chi connectivity index (χ2n) is 5.96. The lowest BCUT2D eigenvalue weighted by Gasteiger charge is -2.12. The standard InChI is InChI=1S/C20H21N5O3/c1-3-27-18-10-16(11-21-24-19-12-22-25-20(26)23-19)8-9-17(18)28-13-15-6-4-14(2)5-7-15/h4-12H,3,13H2,1-2H3,(H2,23,24,25,26)/b21-11+. The number of rotatable bonds is 8. The van der Waals surface area contributed by atoms with Gasteiger partial charge in [0.25, 0.3) is 0 Å². The van der Waals surface area contributed by atoms with Crippen LogP contribution in [0.2, 0.25) is 0 Å². The first-order valence-corrected chi connectivity index (χ1v) is 8.80. The molecule has 28 heavy (non-hydrogen) atoms. The van der Waals surface area contributed by atoms with E-state index in [-0.39, 0.29) is 5.82 Å². The van der Waals surface area contributed by atoms with Crippen molar-refractivity contribution in [2.45, 2.75) is 20.5 Å². The molecule has 1 aromatic heterocycles. The summed E-state index contributed by atoms with van der Waals surface area (Å²) in [5.74, 6) is 1.55. The van der Waals surface area contributed by atoms with Crippen molar-refractivity contribution in [1.29, 1.82) is 0 Å².